The van der Waals surface area contributed by atoms with Crippen molar-refractivity contribution in [3.63, 3.8) is 0 Å². The molecule has 0 heterocycles. The molecular weight excluding hydrogens is 365 g/mol. The van der Waals surface area contributed by atoms with Gasteiger partial charge in [-0.25, -0.2) is 0 Å². The second kappa shape index (κ2) is 5.78. The Morgan fingerprint density at radius 1 is 1.16 bits per heavy atom. The van der Waals surface area contributed by atoms with Crippen molar-refractivity contribution in [2.24, 2.45) is 0 Å². The van der Waals surface area contributed by atoms with E-state index >= 15 is 0 Å². The zero-order valence-electron chi connectivity index (χ0n) is 8.95. The number of hydrogen-bond donors (Lipinski definition) is 0. The topological polar surface area (TPSA) is 9.23 Å². The van der Waals surface area contributed by atoms with Crippen molar-refractivity contribution in [3.8, 4) is 5.75 Å². The molecular formula is C10H6BrClF6O. The minimum Gasteiger partial charge on any atom is -0.483 e. The molecule has 0 fully saturated rings. The molecule has 0 saturated heterocycles. The largest absolute Gasteiger partial charge is 0.483 e. The van der Waals surface area contributed by atoms with E-state index in [1.807, 2.05) is 0 Å². The van der Waals surface area contributed by atoms with Crippen LogP contribution < -0.4 is 4.74 Å². The van der Waals surface area contributed by atoms with E-state index in [0.29, 0.717) is 0 Å². The van der Waals surface area contributed by atoms with Crippen molar-refractivity contribution in [2.45, 2.75) is 17.2 Å². The Bertz CT molecular complexity index is 445. The second-order valence-corrected chi connectivity index (χ2v) is 4.82. The molecule has 0 saturated carbocycles. The van der Waals surface area contributed by atoms with E-state index in [4.69, 9.17) is 11.6 Å². The van der Waals surface area contributed by atoms with Crippen molar-refractivity contribution in [1.82, 2.24) is 0 Å². The van der Waals surface area contributed by atoms with E-state index < -0.39 is 23.8 Å². The fourth-order valence-corrected chi connectivity index (χ4v) is 1.67. The molecule has 1 aromatic carbocycles. The highest BCUT2D eigenvalue weighted by atomic mass is 79.9. The Hall–Kier alpha value is -0.630. The average Bonchev–Trinajstić information content (AvgIpc) is 2.23. The number of benzene rings is 1. The molecule has 1 rings (SSSR count). The molecule has 1 nitrogen and oxygen atoms in total. The predicted octanol–water partition coefficient (Wildman–Crippen LogP) is 5.28. The molecule has 1 aromatic rings. The van der Waals surface area contributed by atoms with Crippen LogP contribution in [0.3, 0.4) is 0 Å². The maximum atomic E-state index is 12.4. The molecule has 1 unspecified atom stereocenters. The summed E-state index contributed by atoms with van der Waals surface area (Å²) < 4.78 is 77.3. The fraction of sp³-hybridized carbons (Fsp3) is 0.400. The first kappa shape index (κ1) is 16.4. The van der Waals surface area contributed by atoms with Crippen molar-refractivity contribution in [2.75, 3.05) is 6.61 Å². The molecule has 0 aliphatic carbocycles. The van der Waals surface area contributed by atoms with Gasteiger partial charge in [0.15, 0.2) is 6.61 Å². The summed E-state index contributed by atoms with van der Waals surface area (Å²) in [7, 11) is 0. The Morgan fingerprint density at radius 2 is 1.74 bits per heavy atom. The van der Waals surface area contributed by atoms with Gasteiger partial charge in [-0.15, -0.1) is 0 Å². The third-order valence-electron chi connectivity index (χ3n) is 1.93. The lowest BCUT2D eigenvalue weighted by Crippen LogP contribution is -2.19. The maximum absolute atomic E-state index is 12.4. The first-order valence-corrected chi connectivity index (χ1v) is 6.00. The van der Waals surface area contributed by atoms with Crippen LogP contribution in [0.25, 0.3) is 0 Å². The SMILES string of the molecule is FC(F)(F)COc1ccc(C(Br)C(F)(F)F)cc1Cl. The van der Waals surface area contributed by atoms with Crippen LogP contribution in [0.4, 0.5) is 26.3 Å². The zero-order valence-corrected chi connectivity index (χ0v) is 11.3. The predicted molar refractivity (Wildman–Crippen MR) is 60.7 cm³/mol. The first-order chi connectivity index (χ1) is 8.50. The van der Waals surface area contributed by atoms with E-state index in [1.54, 1.807) is 0 Å². The normalized spacial score (nSPS) is 14.3. The molecule has 0 aliphatic heterocycles. The maximum Gasteiger partial charge on any atom is 0.422 e. The lowest BCUT2D eigenvalue weighted by Gasteiger charge is -2.16. The Kier molecular flexibility index (Phi) is 5.00. The Balaban J connectivity index is 2.86. The van der Waals surface area contributed by atoms with Gasteiger partial charge in [-0.2, -0.15) is 26.3 Å². The Labute approximate surface area is 117 Å². The molecule has 9 heteroatoms. The molecule has 108 valence electrons. The van der Waals surface area contributed by atoms with Crippen LogP contribution >= 0.6 is 27.5 Å². The number of hydrogen-bond acceptors (Lipinski definition) is 1. The van der Waals surface area contributed by atoms with Gasteiger partial charge in [-0.05, 0) is 17.7 Å². The van der Waals surface area contributed by atoms with Gasteiger partial charge in [0.2, 0.25) is 0 Å². The van der Waals surface area contributed by atoms with Crippen LogP contribution in [0.5, 0.6) is 5.75 Å². The van der Waals surface area contributed by atoms with Crippen LogP contribution in [-0.4, -0.2) is 19.0 Å². The summed E-state index contributed by atoms with van der Waals surface area (Å²) in [5, 5.41) is -0.324. The van der Waals surface area contributed by atoms with Gasteiger partial charge < -0.3 is 4.74 Å². The van der Waals surface area contributed by atoms with Gasteiger partial charge in [0.05, 0.1) is 5.02 Å². The molecule has 0 amide bonds. The van der Waals surface area contributed by atoms with E-state index in [9.17, 15) is 26.3 Å². The van der Waals surface area contributed by atoms with Gasteiger partial charge in [0, 0.05) is 0 Å². The van der Waals surface area contributed by atoms with Gasteiger partial charge in [0.25, 0.3) is 0 Å². The summed E-state index contributed by atoms with van der Waals surface area (Å²) in [5.41, 5.74) is -0.225. The van der Waals surface area contributed by atoms with E-state index in [1.165, 1.54) is 0 Å². The van der Waals surface area contributed by atoms with Crippen LogP contribution in [0.2, 0.25) is 5.02 Å². The van der Waals surface area contributed by atoms with Crippen LogP contribution in [0.1, 0.15) is 10.4 Å². The molecule has 19 heavy (non-hydrogen) atoms. The summed E-state index contributed by atoms with van der Waals surface area (Å²) in [6, 6.07) is 2.86. The lowest BCUT2D eigenvalue weighted by molar-refractivity contribution is -0.153. The standard InChI is InChI=1S/C10H6BrClF6O/c11-8(10(16,17)18)5-1-2-7(6(12)3-5)19-4-9(13,14)15/h1-3,8H,4H2. The molecule has 0 bridgehead atoms. The quantitative estimate of drug-likeness (QED) is 0.519. The highest BCUT2D eigenvalue weighted by Gasteiger charge is 2.39. The van der Waals surface area contributed by atoms with Crippen LogP contribution in [0, 0.1) is 0 Å². The number of ether oxygens (including phenoxy) is 1. The van der Waals surface area contributed by atoms with Gasteiger partial charge in [-0.3, -0.25) is 0 Å². The van der Waals surface area contributed by atoms with Crippen molar-refractivity contribution in [3.05, 3.63) is 28.8 Å². The highest BCUT2D eigenvalue weighted by Crippen LogP contribution is 2.41. The van der Waals surface area contributed by atoms with Crippen LogP contribution in [-0.2, 0) is 0 Å². The molecule has 0 radical (unpaired) electrons. The third kappa shape index (κ3) is 5.10. The molecule has 0 aromatic heterocycles. The first-order valence-electron chi connectivity index (χ1n) is 4.70. The number of rotatable bonds is 3. The molecule has 1 atom stereocenters. The summed E-state index contributed by atoms with van der Waals surface area (Å²) >= 11 is 8.00. The molecule has 0 aliphatic rings. The zero-order chi connectivity index (χ0) is 14.8. The summed E-state index contributed by atoms with van der Waals surface area (Å²) in [4.78, 5) is -1.95. The smallest absolute Gasteiger partial charge is 0.422 e. The summed E-state index contributed by atoms with van der Waals surface area (Å²) in [6.45, 7) is -1.57. The summed E-state index contributed by atoms with van der Waals surface area (Å²) in [6.07, 6.45) is -9.08. The highest BCUT2D eigenvalue weighted by molar-refractivity contribution is 9.09. The monoisotopic (exact) mass is 370 g/mol. The second-order valence-electron chi connectivity index (χ2n) is 3.50. The van der Waals surface area contributed by atoms with Crippen molar-refractivity contribution in [1.29, 1.82) is 0 Å². The lowest BCUT2D eigenvalue weighted by atomic mass is 10.1. The van der Waals surface area contributed by atoms with E-state index in [0.717, 1.165) is 18.2 Å². The molecule has 0 spiro atoms. The van der Waals surface area contributed by atoms with Crippen molar-refractivity contribution < 1.29 is 31.1 Å². The van der Waals surface area contributed by atoms with Gasteiger partial charge in [-0.1, -0.05) is 33.6 Å². The summed E-state index contributed by atoms with van der Waals surface area (Å²) in [5.74, 6) is -0.329. The number of alkyl halides is 7. The minimum atomic E-state index is -4.55. The average molecular weight is 372 g/mol. The Morgan fingerprint density at radius 3 is 2.16 bits per heavy atom. The van der Waals surface area contributed by atoms with Crippen LogP contribution in [0.15, 0.2) is 18.2 Å². The van der Waals surface area contributed by atoms with Crippen molar-refractivity contribution >= 4 is 27.5 Å². The third-order valence-corrected chi connectivity index (χ3v) is 3.27. The molecule has 0 N–H and O–H groups in total. The van der Waals surface area contributed by atoms with E-state index in [-0.39, 0.29) is 16.3 Å². The number of halogens is 8. The van der Waals surface area contributed by atoms with Gasteiger partial charge >= 0.3 is 12.4 Å². The van der Waals surface area contributed by atoms with Gasteiger partial charge in [0.1, 0.15) is 10.6 Å². The fourth-order valence-electron chi connectivity index (χ4n) is 1.14. The minimum absolute atomic E-state index is 0.225. The van der Waals surface area contributed by atoms with E-state index in [2.05, 4.69) is 20.7 Å².